The Kier molecular flexibility index (Phi) is 5.34. The highest BCUT2D eigenvalue weighted by molar-refractivity contribution is 5.82. The summed E-state index contributed by atoms with van der Waals surface area (Å²) in [5.41, 5.74) is 9.50. The van der Waals surface area contributed by atoms with Gasteiger partial charge in [0.2, 0.25) is 0 Å². The van der Waals surface area contributed by atoms with Gasteiger partial charge >= 0.3 is 0 Å². The number of carbonyl (C=O) groups excluding carboxylic acids is 1. The van der Waals surface area contributed by atoms with Crippen molar-refractivity contribution in [2.45, 2.75) is 6.42 Å². The standard InChI is InChI=1S/C12H13N3O2/c1-17-12-6-5-11(9-16)10(8-12)4-2-3-7-14-15-13/h2,4-6,8-9H,3,7H2,1H3. The fourth-order valence-electron chi connectivity index (χ4n) is 1.32. The molecule has 0 aromatic heterocycles. The molecule has 0 radical (unpaired) electrons. The van der Waals surface area contributed by atoms with Gasteiger partial charge in [0.15, 0.2) is 6.29 Å². The molecular weight excluding hydrogens is 218 g/mol. The van der Waals surface area contributed by atoms with E-state index in [0.717, 1.165) is 11.8 Å². The molecule has 0 aliphatic rings. The van der Waals surface area contributed by atoms with Crippen LogP contribution >= 0.6 is 0 Å². The summed E-state index contributed by atoms with van der Waals surface area (Å²) in [6.07, 6.45) is 5.11. The number of nitrogens with zero attached hydrogens (tertiary/aromatic N) is 3. The van der Waals surface area contributed by atoms with Crippen LogP contribution in [0.5, 0.6) is 5.75 Å². The number of aldehydes is 1. The maximum atomic E-state index is 10.8. The molecule has 0 atom stereocenters. The van der Waals surface area contributed by atoms with Crippen LogP contribution in [0.25, 0.3) is 16.5 Å². The Bertz CT molecular complexity index is 463. The largest absolute Gasteiger partial charge is 0.497 e. The van der Waals surface area contributed by atoms with Gasteiger partial charge in [-0.3, -0.25) is 4.79 Å². The minimum absolute atomic E-state index is 0.410. The van der Waals surface area contributed by atoms with Crippen molar-refractivity contribution in [2.75, 3.05) is 13.7 Å². The molecule has 0 aliphatic heterocycles. The number of hydrogen-bond donors (Lipinski definition) is 0. The van der Waals surface area contributed by atoms with Crippen LogP contribution in [0.3, 0.4) is 0 Å². The molecule has 1 aromatic carbocycles. The van der Waals surface area contributed by atoms with Crippen LogP contribution in [0.4, 0.5) is 0 Å². The molecule has 0 unspecified atom stereocenters. The molecule has 17 heavy (non-hydrogen) atoms. The molecule has 5 heteroatoms. The van der Waals surface area contributed by atoms with Crippen LogP contribution in [0.2, 0.25) is 0 Å². The Morgan fingerprint density at radius 1 is 1.47 bits per heavy atom. The predicted octanol–water partition coefficient (Wildman–Crippen LogP) is 3.22. The molecule has 88 valence electrons. The molecule has 0 amide bonds. The third-order valence-electron chi connectivity index (χ3n) is 2.18. The second kappa shape index (κ2) is 7.09. The van der Waals surface area contributed by atoms with Gasteiger partial charge in [0.05, 0.1) is 7.11 Å². The van der Waals surface area contributed by atoms with Gasteiger partial charge in [0.25, 0.3) is 0 Å². The van der Waals surface area contributed by atoms with E-state index in [9.17, 15) is 4.79 Å². The van der Waals surface area contributed by atoms with E-state index in [0.29, 0.717) is 24.3 Å². The number of ether oxygens (including phenoxy) is 1. The average Bonchev–Trinajstić information content (AvgIpc) is 2.38. The first-order valence-corrected chi connectivity index (χ1v) is 5.12. The van der Waals surface area contributed by atoms with Crippen molar-refractivity contribution in [3.63, 3.8) is 0 Å². The van der Waals surface area contributed by atoms with Gasteiger partial charge in [-0.1, -0.05) is 17.3 Å². The summed E-state index contributed by atoms with van der Waals surface area (Å²) in [5.74, 6) is 0.699. The van der Waals surface area contributed by atoms with Gasteiger partial charge in [-0.2, -0.15) is 0 Å². The number of hydrogen-bond acceptors (Lipinski definition) is 3. The highest BCUT2D eigenvalue weighted by atomic mass is 16.5. The summed E-state index contributed by atoms with van der Waals surface area (Å²) in [4.78, 5) is 13.5. The van der Waals surface area contributed by atoms with Crippen molar-refractivity contribution >= 4 is 12.4 Å². The first-order valence-electron chi connectivity index (χ1n) is 5.12. The molecular formula is C12H13N3O2. The number of methoxy groups -OCH3 is 1. The fourth-order valence-corrected chi connectivity index (χ4v) is 1.32. The summed E-state index contributed by atoms with van der Waals surface area (Å²) in [6, 6.07) is 5.23. The van der Waals surface area contributed by atoms with E-state index in [2.05, 4.69) is 10.0 Å². The van der Waals surface area contributed by atoms with Crippen molar-refractivity contribution in [1.82, 2.24) is 0 Å². The van der Waals surface area contributed by atoms with E-state index in [1.165, 1.54) is 0 Å². The number of carbonyl (C=O) groups is 1. The molecule has 0 N–H and O–H groups in total. The molecule has 0 aliphatic carbocycles. The van der Waals surface area contributed by atoms with Gasteiger partial charge < -0.3 is 4.74 Å². The molecule has 0 heterocycles. The highest BCUT2D eigenvalue weighted by Crippen LogP contribution is 2.18. The Morgan fingerprint density at radius 3 is 2.94 bits per heavy atom. The normalized spacial score (nSPS) is 9.94. The highest BCUT2D eigenvalue weighted by Gasteiger charge is 2.00. The third-order valence-corrected chi connectivity index (χ3v) is 2.18. The molecule has 5 nitrogen and oxygen atoms in total. The molecule has 0 bridgehead atoms. The van der Waals surface area contributed by atoms with E-state index >= 15 is 0 Å². The lowest BCUT2D eigenvalue weighted by atomic mass is 10.1. The molecule has 0 fully saturated rings. The topological polar surface area (TPSA) is 75.1 Å². The van der Waals surface area contributed by atoms with Crippen LogP contribution in [0.15, 0.2) is 29.4 Å². The summed E-state index contributed by atoms with van der Waals surface area (Å²) in [6.45, 7) is 0.410. The number of benzene rings is 1. The fraction of sp³-hybridized carbons (Fsp3) is 0.250. The zero-order valence-electron chi connectivity index (χ0n) is 9.54. The zero-order chi connectivity index (χ0) is 12.5. The molecule has 1 rings (SSSR count). The van der Waals surface area contributed by atoms with Crippen molar-refractivity contribution in [3.05, 3.63) is 45.8 Å². The van der Waals surface area contributed by atoms with E-state index in [1.807, 2.05) is 12.2 Å². The van der Waals surface area contributed by atoms with Crippen LogP contribution in [0, 0.1) is 0 Å². The van der Waals surface area contributed by atoms with Crippen molar-refractivity contribution in [2.24, 2.45) is 5.11 Å². The smallest absolute Gasteiger partial charge is 0.150 e. The molecule has 0 saturated carbocycles. The third kappa shape index (κ3) is 4.01. The van der Waals surface area contributed by atoms with Gasteiger partial charge in [0, 0.05) is 17.0 Å². The maximum Gasteiger partial charge on any atom is 0.150 e. The second-order valence-electron chi connectivity index (χ2n) is 3.26. The molecule has 1 aromatic rings. The van der Waals surface area contributed by atoms with E-state index in [4.69, 9.17) is 10.3 Å². The lowest BCUT2D eigenvalue weighted by Gasteiger charge is -2.03. The summed E-state index contributed by atoms with van der Waals surface area (Å²) in [7, 11) is 1.57. The van der Waals surface area contributed by atoms with Crippen molar-refractivity contribution < 1.29 is 9.53 Å². The molecule has 0 saturated heterocycles. The summed E-state index contributed by atoms with van der Waals surface area (Å²) < 4.78 is 5.08. The van der Waals surface area contributed by atoms with E-state index in [1.54, 1.807) is 25.3 Å². The number of rotatable bonds is 6. The van der Waals surface area contributed by atoms with Gasteiger partial charge in [0.1, 0.15) is 5.75 Å². The van der Waals surface area contributed by atoms with Gasteiger partial charge in [-0.15, -0.1) is 0 Å². The van der Waals surface area contributed by atoms with Crippen LogP contribution in [0.1, 0.15) is 22.3 Å². The van der Waals surface area contributed by atoms with E-state index in [-0.39, 0.29) is 0 Å². The zero-order valence-corrected chi connectivity index (χ0v) is 9.54. The van der Waals surface area contributed by atoms with E-state index < -0.39 is 0 Å². The Morgan fingerprint density at radius 2 is 2.29 bits per heavy atom. The first kappa shape index (κ1) is 12.8. The maximum absolute atomic E-state index is 10.8. The summed E-state index contributed by atoms with van der Waals surface area (Å²) >= 11 is 0. The Balaban J connectivity index is 2.79. The monoisotopic (exact) mass is 231 g/mol. The minimum atomic E-state index is 0.410. The second-order valence-corrected chi connectivity index (χ2v) is 3.26. The van der Waals surface area contributed by atoms with Gasteiger partial charge in [-0.05, 0) is 35.7 Å². The average molecular weight is 231 g/mol. The SMILES string of the molecule is COc1ccc(C=O)c(C=CCCN=[N+]=[N-])c1. The predicted molar refractivity (Wildman–Crippen MR) is 66.0 cm³/mol. The summed E-state index contributed by atoms with van der Waals surface area (Å²) in [5, 5.41) is 3.41. The van der Waals surface area contributed by atoms with Crippen LogP contribution < -0.4 is 4.74 Å². The minimum Gasteiger partial charge on any atom is -0.497 e. The lowest BCUT2D eigenvalue weighted by molar-refractivity contribution is 0.112. The molecule has 0 spiro atoms. The van der Waals surface area contributed by atoms with Crippen LogP contribution in [-0.2, 0) is 0 Å². The van der Waals surface area contributed by atoms with Gasteiger partial charge in [-0.25, -0.2) is 0 Å². The van der Waals surface area contributed by atoms with Crippen molar-refractivity contribution in [3.8, 4) is 5.75 Å². The Hall–Kier alpha value is -2.26. The number of azide groups is 1. The Labute approximate surface area is 99.3 Å². The quantitative estimate of drug-likeness (QED) is 0.248. The van der Waals surface area contributed by atoms with Crippen molar-refractivity contribution in [1.29, 1.82) is 0 Å². The van der Waals surface area contributed by atoms with Crippen LogP contribution in [-0.4, -0.2) is 19.9 Å². The first-order chi connectivity index (χ1) is 8.31. The lowest BCUT2D eigenvalue weighted by Crippen LogP contribution is -1.89.